The molecule has 90 valence electrons. The molecule has 1 aliphatic heterocycles. The van der Waals surface area contributed by atoms with Crippen molar-refractivity contribution in [2.24, 2.45) is 11.5 Å². The normalized spacial score (nSPS) is 19.6. The first-order valence-electron chi connectivity index (χ1n) is 5.11. The van der Waals surface area contributed by atoms with Crippen molar-refractivity contribution in [1.29, 1.82) is 0 Å². The van der Waals surface area contributed by atoms with Gasteiger partial charge in [-0.1, -0.05) is 12.2 Å². The second-order valence-electron chi connectivity index (χ2n) is 3.63. The summed E-state index contributed by atoms with van der Waals surface area (Å²) in [4.78, 5) is 24.9. The molecule has 7 heteroatoms. The van der Waals surface area contributed by atoms with Gasteiger partial charge in [0.1, 0.15) is 6.04 Å². The number of nitrogens with zero attached hydrogens (tertiary/aromatic N) is 1. The van der Waals surface area contributed by atoms with Gasteiger partial charge in [-0.05, 0) is 12.8 Å². The highest BCUT2D eigenvalue weighted by Gasteiger charge is 2.33. The molecule has 1 unspecified atom stereocenters. The summed E-state index contributed by atoms with van der Waals surface area (Å²) < 4.78 is 0. The van der Waals surface area contributed by atoms with Gasteiger partial charge >= 0.3 is 0 Å². The molecular weight excluding hydrogens is 228 g/mol. The lowest BCUT2D eigenvalue weighted by Crippen LogP contribution is -2.49. The number of nitrogens with one attached hydrogen (secondary N) is 1. The van der Waals surface area contributed by atoms with E-state index >= 15 is 0 Å². The molecule has 0 aliphatic carbocycles. The maximum atomic E-state index is 11.7. The van der Waals surface area contributed by atoms with Crippen LogP contribution in [-0.4, -0.2) is 47.4 Å². The smallest absolute Gasteiger partial charge is 0.243 e. The van der Waals surface area contributed by atoms with Crippen molar-refractivity contribution >= 4 is 29.0 Å². The number of carbonyl (C=O) groups is 2. The monoisotopic (exact) mass is 244 g/mol. The van der Waals surface area contributed by atoms with E-state index in [1.54, 1.807) is 0 Å². The first-order chi connectivity index (χ1) is 7.56. The molecule has 0 spiro atoms. The number of likely N-dealkylation sites (tertiary alicyclic amines) is 1. The first kappa shape index (κ1) is 12.9. The molecule has 0 aromatic heterocycles. The molecule has 5 N–H and O–H groups in total. The van der Waals surface area contributed by atoms with Crippen molar-refractivity contribution in [2.45, 2.75) is 18.9 Å². The van der Waals surface area contributed by atoms with E-state index in [4.69, 9.17) is 11.5 Å². The summed E-state index contributed by atoms with van der Waals surface area (Å²) in [6, 6.07) is -0.426. The van der Waals surface area contributed by atoms with E-state index < -0.39 is 6.04 Å². The van der Waals surface area contributed by atoms with Crippen LogP contribution in [0.1, 0.15) is 12.8 Å². The minimum absolute atomic E-state index is 0.0704. The molecule has 0 saturated carbocycles. The van der Waals surface area contributed by atoms with Gasteiger partial charge in [-0.15, -0.1) is 0 Å². The third kappa shape index (κ3) is 3.14. The SMILES string of the molecule is NCC(=O)N1CCCC1C(=O)NCC(N)=S. The van der Waals surface area contributed by atoms with Crippen LogP contribution < -0.4 is 16.8 Å². The third-order valence-corrected chi connectivity index (χ3v) is 2.63. The number of rotatable bonds is 4. The van der Waals surface area contributed by atoms with Gasteiger partial charge < -0.3 is 21.7 Å². The number of hydrogen-bond acceptors (Lipinski definition) is 4. The molecule has 1 saturated heterocycles. The van der Waals surface area contributed by atoms with E-state index in [0.29, 0.717) is 13.0 Å². The maximum absolute atomic E-state index is 11.7. The van der Waals surface area contributed by atoms with Gasteiger partial charge in [-0.3, -0.25) is 9.59 Å². The van der Waals surface area contributed by atoms with Gasteiger partial charge in [0.05, 0.1) is 18.1 Å². The lowest BCUT2D eigenvalue weighted by Gasteiger charge is -2.23. The van der Waals surface area contributed by atoms with E-state index in [0.717, 1.165) is 6.42 Å². The summed E-state index contributed by atoms with van der Waals surface area (Å²) in [5.41, 5.74) is 10.5. The molecule has 1 heterocycles. The van der Waals surface area contributed by atoms with Crippen LogP contribution in [0.15, 0.2) is 0 Å². The second kappa shape index (κ2) is 5.76. The van der Waals surface area contributed by atoms with Crippen LogP contribution in [0.3, 0.4) is 0 Å². The minimum atomic E-state index is -0.426. The molecule has 1 atom stereocenters. The van der Waals surface area contributed by atoms with Gasteiger partial charge in [0, 0.05) is 6.54 Å². The Labute approximate surface area is 99.3 Å². The highest BCUT2D eigenvalue weighted by atomic mass is 32.1. The van der Waals surface area contributed by atoms with E-state index in [-0.39, 0.29) is 29.9 Å². The highest BCUT2D eigenvalue weighted by molar-refractivity contribution is 7.80. The van der Waals surface area contributed by atoms with Crippen LogP contribution in [-0.2, 0) is 9.59 Å². The van der Waals surface area contributed by atoms with Crippen molar-refractivity contribution in [1.82, 2.24) is 10.2 Å². The Hall–Kier alpha value is -1.21. The molecule has 0 aromatic rings. The molecule has 2 amide bonds. The molecule has 6 nitrogen and oxygen atoms in total. The van der Waals surface area contributed by atoms with Gasteiger partial charge in [-0.25, -0.2) is 0 Å². The predicted octanol–water partition coefficient (Wildman–Crippen LogP) is -1.66. The Kier molecular flexibility index (Phi) is 4.63. The van der Waals surface area contributed by atoms with Crippen molar-refractivity contribution in [3.8, 4) is 0 Å². The molecular formula is C9H16N4O2S. The Morgan fingerprint density at radius 1 is 1.50 bits per heavy atom. The van der Waals surface area contributed by atoms with Crippen LogP contribution >= 0.6 is 12.2 Å². The molecule has 1 rings (SSSR count). The highest BCUT2D eigenvalue weighted by Crippen LogP contribution is 2.16. The standard InChI is InChI=1S/C9H16N4O2S/c10-4-8(14)13-3-1-2-6(13)9(15)12-5-7(11)16/h6H,1-5,10H2,(H2,11,16)(H,12,15). The Morgan fingerprint density at radius 2 is 2.19 bits per heavy atom. The maximum Gasteiger partial charge on any atom is 0.243 e. The van der Waals surface area contributed by atoms with Crippen molar-refractivity contribution < 1.29 is 9.59 Å². The predicted molar refractivity (Wildman–Crippen MR) is 63.6 cm³/mol. The van der Waals surface area contributed by atoms with Crippen LogP contribution in [0.25, 0.3) is 0 Å². The van der Waals surface area contributed by atoms with Crippen LogP contribution in [0, 0.1) is 0 Å². The number of carbonyl (C=O) groups excluding carboxylic acids is 2. The van der Waals surface area contributed by atoms with Gasteiger partial charge in [-0.2, -0.15) is 0 Å². The summed E-state index contributed by atoms with van der Waals surface area (Å²) in [5, 5.41) is 2.59. The van der Waals surface area contributed by atoms with Crippen molar-refractivity contribution in [3.05, 3.63) is 0 Å². The fraction of sp³-hybridized carbons (Fsp3) is 0.667. The van der Waals surface area contributed by atoms with E-state index in [1.165, 1.54) is 4.90 Å². The summed E-state index contributed by atoms with van der Waals surface area (Å²) in [7, 11) is 0. The topological polar surface area (TPSA) is 101 Å². The van der Waals surface area contributed by atoms with E-state index in [1.807, 2.05) is 0 Å². The number of thiocarbonyl (C=S) groups is 1. The van der Waals surface area contributed by atoms with Crippen LogP contribution in [0.4, 0.5) is 0 Å². The molecule has 1 aliphatic rings. The zero-order valence-corrected chi connectivity index (χ0v) is 9.76. The lowest BCUT2D eigenvalue weighted by atomic mass is 10.2. The van der Waals surface area contributed by atoms with Crippen LogP contribution in [0.5, 0.6) is 0 Å². The zero-order chi connectivity index (χ0) is 12.1. The van der Waals surface area contributed by atoms with Gasteiger partial charge in [0.15, 0.2) is 0 Å². The third-order valence-electron chi connectivity index (χ3n) is 2.49. The second-order valence-corrected chi connectivity index (χ2v) is 4.16. The fourth-order valence-electron chi connectivity index (χ4n) is 1.75. The minimum Gasteiger partial charge on any atom is -0.392 e. The first-order valence-corrected chi connectivity index (χ1v) is 5.52. The fourth-order valence-corrected chi connectivity index (χ4v) is 1.82. The summed E-state index contributed by atoms with van der Waals surface area (Å²) in [6.45, 7) is 0.676. The summed E-state index contributed by atoms with van der Waals surface area (Å²) >= 11 is 4.65. The summed E-state index contributed by atoms with van der Waals surface area (Å²) in [5.74, 6) is -0.417. The number of nitrogens with two attached hydrogens (primary N) is 2. The molecule has 1 fully saturated rings. The average Bonchev–Trinajstić information content (AvgIpc) is 2.73. The average molecular weight is 244 g/mol. The van der Waals surface area contributed by atoms with Gasteiger partial charge in [0.25, 0.3) is 0 Å². The molecule has 16 heavy (non-hydrogen) atoms. The van der Waals surface area contributed by atoms with E-state index in [9.17, 15) is 9.59 Å². The van der Waals surface area contributed by atoms with E-state index in [2.05, 4.69) is 17.5 Å². The molecule has 0 bridgehead atoms. The Balaban J connectivity index is 2.54. The Bertz CT molecular complexity index is 308. The zero-order valence-electron chi connectivity index (χ0n) is 8.94. The van der Waals surface area contributed by atoms with Crippen molar-refractivity contribution in [3.63, 3.8) is 0 Å². The molecule has 0 radical (unpaired) electrons. The van der Waals surface area contributed by atoms with Crippen LogP contribution in [0.2, 0.25) is 0 Å². The van der Waals surface area contributed by atoms with Gasteiger partial charge in [0.2, 0.25) is 11.8 Å². The quantitative estimate of drug-likeness (QED) is 0.514. The summed E-state index contributed by atoms with van der Waals surface area (Å²) in [6.07, 6.45) is 1.48. The number of hydrogen-bond donors (Lipinski definition) is 3. The lowest BCUT2D eigenvalue weighted by molar-refractivity contribution is -0.137. The number of amides is 2. The largest absolute Gasteiger partial charge is 0.392 e. The van der Waals surface area contributed by atoms with Crippen molar-refractivity contribution in [2.75, 3.05) is 19.6 Å². The Morgan fingerprint density at radius 3 is 2.75 bits per heavy atom. The molecule has 0 aromatic carbocycles.